The summed E-state index contributed by atoms with van der Waals surface area (Å²) in [6.07, 6.45) is -0.519. The molecular formula is C12H14F2N2O4. The highest BCUT2D eigenvalue weighted by Crippen LogP contribution is 2.23. The number of nitrogens with zero attached hydrogens (tertiary/aromatic N) is 1. The van der Waals surface area contributed by atoms with Crippen LogP contribution in [0.5, 0.6) is 0 Å². The molecule has 0 aromatic heterocycles. The lowest BCUT2D eigenvalue weighted by molar-refractivity contribution is -0.387. The van der Waals surface area contributed by atoms with E-state index < -0.39 is 45.9 Å². The molecule has 0 radical (unpaired) electrons. The number of nitro benzene ring substituents is 1. The van der Waals surface area contributed by atoms with E-state index in [0.29, 0.717) is 12.1 Å². The zero-order valence-electron chi connectivity index (χ0n) is 10.9. The largest absolute Gasteiger partial charge is 0.393 e. The Morgan fingerprint density at radius 3 is 2.55 bits per heavy atom. The molecule has 0 fully saturated rings. The van der Waals surface area contributed by atoms with Crippen LogP contribution in [0.2, 0.25) is 0 Å². The molecule has 8 heteroatoms. The fourth-order valence-corrected chi connectivity index (χ4v) is 1.76. The summed E-state index contributed by atoms with van der Waals surface area (Å²) in [6, 6.07) is 0.774. The quantitative estimate of drug-likeness (QED) is 0.638. The molecule has 1 aromatic carbocycles. The van der Waals surface area contributed by atoms with Crippen LogP contribution in [0.25, 0.3) is 0 Å². The molecule has 0 aliphatic rings. The molecule has 2 N–H and O–H groups in total. The van der Waals surface area contributed by atoms with Crippen LogP contribution in [-0.4, -0.2) is 28.1 Å². The normalized spacial score (nSPS) is 13.7. The minimum Gasteiger partial charge on any atom is -0.393 e. The standard InChI is InChI=1S/C12H14F2N2O4/c1-6(5-7(2)17)15-12(18)10-8(13)3-4-9(11(10)14)16(19)20/h3-4,6-7,17H,5H2,1-2H3,(H,15,18). The maximum atomic E-state index is 13.8. The number of benzene rings is 1. The van der Waals surface area contributed by atoms with E-state index in [1.165, 1.54) is 13.8 Å². The predicted octanol–water partition coefficient (Wildman–Crippen LogP) is 1.76. The molecule has 2 atom stereocenters. The zero-order chi connectivity index (χ0) is 15.4. The molecular weight excluding hydrogens is 274 g/mol. The summed E-state index contributed by atoms with van der Waals surface area (Å²) in [7, 11) is 0. The highest BCUT2D eigenvalue weighted by molar-refractivity contribution is 5.95. The number of hydrogen-bond donors (Lipinski definition) is 2. The minimum absolute atomic E-state index is 0.184. The summed E-state index contributed by atoms with van der Waals surface area (Å²) in [5.41, 5.74) is -1.98. The first-order valence-corrected chi connectivity index (χ1v) is 5.85. The van der Waals surface area contributed by atoms with Gasteiger partial charge in [-0.25, -0.2) is 4.39 Å². The molecule has 0 bridgehead atoms. The van der Waals surface area contributed by atoms with Crippen LogP contribution < -0.4 is 5.32 Å². The molecule has 0 saturated carbocycles. The molecule has 1 amide bonds. The zero-order valence-corrected chi connectivity index (χ0v) is 10.9. The Morgan fingerprint density at radius 1 is 1.45 bits per heavy atom. The van der Waals surface area contributed by atoms with Crippen molar-refractivity contribution < 1.29 is 23.6 Å². The third kappa shape index (κ3) is 3.70. The summed E-state index contributed by atoms with van der Waals surface area (Å²) in [6.45, 7) is 3.04. The molecule has 0 aliphatic carbocycles. The summed E-state index contributed by atoms with van der Waals surface area (Å²) >= 11 is 0. The van der Waals surface area contributed by atoms with E-state index >= 15 is 0 Å². The van der Waals surface area contributed by atoms with Gasteiger partial charge < -0.3 is 10.4 Å². The summed E-state index contributed by atoms with van der Waals surface area (Å²) in [5, 5.41) is 22.0. The second kappa shape index (κ2) is 6.38. The number of nitro groups is 1. The van der Waals surface area contributed by atoms with Gasteiger partial charge in [0.05, 0.1) is 11.0 Å². The van der Waals surface area contributed by atoms with E-state index in [0.717, 1.165) is 0 Å². The van der Waals surface area contributed by atoms with Crippen molar-refractivity contribution in [2.75, 3.05) is 0 Å². The SMILES string of the molecule is CC(O)CC(C)NC(=O)c1c(F)ccc([N+](=O)[O-])c1F. The van der Waals surface area contributed by atoms with Gasteiger partial charge in [-0.1, -0.05) is 0 Å². The lowest BCUT2D eigenvalue weighted by atomic mass is 10.1. The number of nitrogens with one attached hydrogen (secondary N) is 1. The third-order valence-corrected chi connectivity index (χ3v) is 2.57. The first kappa shape index (κ1) is 16.0. The molecule has 1 rings (SSSR count). The van der Waals surface area contributed by atoms with Gasteiger partial charge in [0.15, 0.2) is 0 Å². The van der Waals surface area contributed by atoms with Crippen molar-refractivity contribution in [2.45, 2.75) is 32.4 Å². The molecule has 0 saturated heterocycles. The van der Waals surface area contributed by atoms with Crippen molar-refractivity contribution in [3.63, 3.8) is 0 Å². The second-order valence-corrected chi connectivity index (χ2v) is 4.47. The van der Waals surface area contributed by atoms with Crippen LogP contribution in [0.4, 0.5) is 14.5 Å². The van der Waals surface area contributed by atoms with Crippen molar-refractivity contribution in [2.24, 2.45) is 0 Å². The molecule has 110 valence electrons. The smallest absolute Gasteiger partial charge is 0.305 e. The van der Waals surface area contributed by atoms with Crippen LogP contribution in [0.3, 0.4) is 0 Å². The number of aliphatic hydroxyl groups excluding tert-OH is 1. The van der Waals surface area contributed by atoms with Crippen LogP contribution in [0.1, 0.15) is 30.6 Å². The maximum absolute atomic E-state index is 13.8. The van der Waals surface area contributed by atoms with E-state index in [9.17, 15) is 23.7 Å². The van der Waals surface area contributed by atoms with Crippen LogP contribution in [0.15, 0.2) is 12.1 Å². The van der Waals surface area contributed by atoms with Gasteiger partial charge >= 0.3 is 5.69 Å². The van der Waals surface area contributed by atoms with Gasteiger partial charge in [0.25, 0.3) is 5.91 Å². The van der Waals surface area contributed by atoms with E-state index in [4.69, 9.17) is 5.11 Å². The van der Waals surface area contributed by atoms with Crippen molar-refractivity contribution in [1.29, 1.82) is 0 Å². The number of amides is 1. The van der Waals surface area contributed by atoms with Gasteiger partial charge in [-0.15, -0.1) is 0 Å². The number of aliphatic hydroxyl groups is 1. The minimum atomic E-state index is -1.52. The first-order chi connectivity index (χ1) is 9.23. The Morgan fingerprint density at radius 2 is 2.05 bits per heavy atom. The Balaban J connectivity index is 3.04. The molecule has 20 heavy (non-hydrogen) atoms. The molecule has 1 aromatic rings. The number of carbonyl (C=O) groups is 1. The highest BCUT2D eigenvalue weighted by atomic mass is 19.1. The van der Waals surface area contributed by atoms with Crippen molar-refractivity contribution in [3.8, 4) is 0 Å². The first-order valence-electron chi connectivity index (χ1n) is 5.85. The van der Waals surface area contributed by atoms with E-state index in [2.05, 4.69) is 5.32 Å². The number of rotatable bonds is 5. The fraction of sp³-hybridized carbons (Fsp3) is 0.417. The third-order valence-electron chi connectivity index (χ3n) is 2.57. The van der Waals surface area contributed by atoms with Crippen LogP contribution in [-0.2, 0) is 0 Å². The fourth-order valence-electron chi connectivity index (χ4n) is 1.76. The lowest BCUT2D eigenvalue weighted by Crippen LogP contribution is -2.35. The van der Waals surface area contributed by atoms with Crippen molar-refractivity contribution >= 4 is 11.6 Å². The van der Waals surface area contributed by atoms with E-state index in [1.54, 1.807) is 0 Å². The number of carbonyl (C=O) groups excluding carboxylic acids is 1. The van der Waals surface area contributed by atoms with E-state index in [1.807, 2.05) is 0 Å². The van der Waals surface area contributed by atoms with Gasteiger partial charge in [-0.2, -0.15) is 4.39 Å². The average Bonchev–Trinajstić information content (AvgIpc) is 2.26. The molecule has 2 unspecified atom stereocenters. The van der Waals surface area contributed by atoms with Crippen molar-refractivity contribution in [1.82, 2.24) is 5.32 Å². The summed E-state index contributed by atoms with van der Waals surface area (Å²) in [5.74, 6) is -3.80. The molecule has 0 heterocycles. The predicted molar refractivity (Wildman–Crippen MR) is 66.2 cm³/mol. The summed E-state index contributed by atoms with van der Waals surface area (Å²) in [4.78, 5) is 21.3. The monoisotopic (exact) mass is 288 g/mol. The molecule has 6 nitrogen and oxygen atoms in total. The lowest BCUT2D eigenvalue weighted by Gasteiger charge is -2.15. The highest BCUT2D eigenvalue weighted by Gasteiger charge is 2.26. The van der Waals surface area contributed by atoms with E-state index in [-0.39, 0.29) is 6.42 Å². The van der Waals surface area contributed by atoms with Gasteiger partial charge in [0.1, 0.15) is 11.4 Å². The molecule has 0 aliphatic heterocycles. The summed E-state index contributed by atoms with van der Waals surface area (Å²) < 4.78 is 27.2. The number of hydrogen-bond acceptors (Lipinski definition) is 4. The Bertz CT molecular complexity index is 534. The second-order valence-electron chi connectivity index (χ2n) is 4.47. The maximum Gasteiger partial charge on any atom is 0.305 e. The van der Waals surface area contributed by atoms with Gasteiger partial charge in [0, 0.05) is 12.1 Å². The van der Waals surface area contributed by atoms with Gasteiger partial charge in [-0.3, -0.25) is 14.9 Å². The Hall–Kier alpha value is -2.09. The van der Waals surface area contributed by atoms with Gasteiger partial charge in [-0.05, 0) is 26.3 Å². The number of halogens is 2. The van der Waals surface area contributed by atoms with Gasteiger partial charge in [0.2, 0.25) is 5.82 Å². The Kier molecular flexibility index (Phi) is 5.09. The topological polar surface area (TPSA) is 92.5 Å². The Labute approximate surface area is 113 Å². The van der Waals surface area contributed by atoms with Crippen LogP contribution >= 0.6 is 0 Å². The molecule has 0 spiro atoms. The average molecular weight is 288 g/mol. The van der Waals surface area contributed by atoms with Crippen LogP contribution in [0, 0.1) is 21.7 Å². The van der Waals surface area contributed by atoms with Crippen molar-refractivity contribution in [3.05, 3.63) is 39.4 Å².